The highest BCUT2D eigenvalue weighted by atomic mass is 32.1. The Kier molecular flexibility index (Phi) is 10.4. The Morgan fingerprint density at radius 2 is 1.79 bits per heavy atom. The molecule has 1 amide bonds. The van der Waals surface area contributed by atoms with Crippen molar-refractivity contribution in [2.75, 3.05) is 6.61 Å². The van der Waals surface area contributed by atoms with Crippen molar-refractivity contribution >= 4 is 35.4 Å². The predicted octanol–water partition coefficient (Wildman–Crippen LogP) is 4.93. The second-order valence-electron chi connectivity index (χ2n) is 7.86. The minimum absolute atomic E-state index is 0.228. The Morgan fingerprint density at radius 1 is 1.09 bits per heavy atom. The molecule has 3 rings (SSSR count). The van der Waals surface area contributed by atoms with Crippen LogP contribution in [-0.4, -0.2) is 40.4 Å². The smallest absolute Gasteiger partial charge is 0.407 e. The molecule has 1 aromatic carbocycles. The molecule has 1 atom stereocenters. The summed E-state index contributed by atoms with van der Waals surface area (Å²) in [5, 5.41) is 18.5. The van der Waals surface area contributed by atoms with Crippen LogP contribution in [0.2, 0.25) is 0 Å². The number of aliphatic carboxylic acids is 2. The summed E-state index contributed by atoms with van der Waals surface area (Å²) >= 11 is 1.83. The van der Waals surface area contributed by atoms with E-state index in [2.05, 4.69) is 59.9 Å². The van der Waals surface area contributed by atoms with Gasteiger partial charge in [0.15, 0.2) is 0 Å². The highest BCUT2D eigenvalue weighted by Crippen LogP contribution is 2.24. The van der Waals surface area contributed by atoms with Gasteiger partial charge in [0.25, 0.3) is 0 Å². The van der Waals surface area contributed by atoms with Crippen molar-refractivity contribution in [3.05, 3.63) is 76.0 Å². The molecular formula is C25H29NO6S. The van der Waals surface area contributed by atoms with Gasteiger partial charge < -0.3 is 20.3 Å². The molecule has 1 aliphatic rings. The van der Waals surface area contributed by atoms with Gasteiger partial charge in [0, 0.05) is 21.9 Å². The van der Waals surface area contributed by atoms with E-state index in [9.17, 15) is 14.4 Å². The van der Waals surface area contributed by atoms with Crippen LogP contribution in [0.5, 0.6) is 0 Å². The predicted molar refractivity (Wildman–Crippen MR) is 128 cm³/mol. The molecule has 1 saturated heterocycles. The van der Waals surface area contributed by atoms with Crippen LogP contribution in [-0.2, 0) is 27.2 Å². The Hall–Kier alpha value is -3.39. The maximum Gasteiger partial charge on any atom is 0.407 e. The molecule has 176 valence electrons. The lowest BCUT2D eigenvalue weighted by Crippen LogP contribution is -2.40. The minimum atomic E-state index is -1.26. The lowest BCUT2D eigenvalue weighted by molar-refractivity contribution is -0.134. The molecule has 8 heteroatoms. The van der Waals surface area contributed by atoms with Crippen molar-refractivity contribution in [3.8, 4) is 0 Å². The van der Waals surface area contributed by atoms with Crippen LogP contribution in [0.15, 0.2) is 60.7 Å². The first-order chi connectivity index (χ1) is 15.8. The number of alkyl carbamates (subject to hydrolysis) is 1. The number of hydrogen-bond acceptors (Lipinski definition) is 5. The maximum absolute atomic E-state index is 11.2. The number of cyclic esters (lactones) is 1. The van der Waals surface area contributed by atoms with Crippen LogP contribution >= 0.6 is 11.3 Å². The number of carboxylic acids is 2. The zero-order valence-corrected chi connectivity index (χ0v) is 19.3. The molecule has 0 spiro atoms. The molecule has 1 aromatic heterocycles. The second kappa shape index (κ2) is 13.2. The molecule has 2 aromatic rings. The molecule has 0 saturated carbocycles. The van der Waals surface area contributed by atoms with E-state index in [0.717, 1.165) is 25.7 Å². The van der Waals surface area contributed by atoms with E-state index < -0.39 is 11.9 Å². The normalized spacial score (nSPS) is 17.4. The molecule has 3 N–H and O–H groups in total. The van der Waals surface area contributed by atoms with Gasteiger partial charge in [-0.25, -0.2) is 14.4 Å². The summed E-state index contributed by atoms with van der Waals surface area (Å²) in [7, 11) is 0. The van der Waals surface area contributed by atoms with Crippen molar-refractivity contribution in [3.63, 3.8) is 0 Å². The number of carbonyl (C=O) groups is 3. The van der Waals surface area contributed by atoms with Gasteiger partial charge in [-0.1, -0.05) is 36.4 Å². The quantitative estimate of drug-likeness (QED) is 0.335. The molecule has 0 aliphatic carbocycles. The number of unbranched alkanes of at least 4 members (excludes halogenated alkanes) is 1. The molecule has 1 unspecified atom stereocenters. The van der Waals surface area contributed by atoms with Crippen LogP contribution in [0.3, 0.4) is 0 Å². The van der Waals surface area contributed by atoms with E-state index in [-0.39, 0.29) is 11.6 Å². The number of rotatable bonds is 10. The van der Waals surface area contributed by atoms with E-state index in [0.29, 0.717) is 18.8 Å². The molecule has 0 bridgehead atoms. The first kappa shape index (κ1) is 25.9. The van der Waals surface area contributed by atoms with Gasteiger partial charge in [0.05, 0.1) is 5.54 Å². The van der Waals surface area contributed by atoms with Gasteiger partial charge in [0.1, 0.15) is 6.61 Å². The van der Waals surface area contributed by atoms with Crippen molar-refractivity contribution in [2.45, 2.75) is 44.6 Å². The van der Waals surface area contributed by atoms with Gasteiger partial charge in [-0.05, 0) is 62.8 Å². The fraction of sp³-hybridized carbons (Fsp3) is 0.320. The van der Waals surface area contributed by atoms with Gasteiger partial charge >= 0.3 is 18.0 Å². The summed E-state index contributed by atoms with van der Waals surface area (Å²) in [4.78, 5) is 33.0. The van der Waals surface area contributed by atoms with Crippen molar-refractivity contribution in [2.24, 2.45) is 0 Å². The molecule has 0 radical (unpaired) electrons. The minimum Gasteiger partial charge on any atom is -0.478 e. The number of hydrogen-bond donors (Lipinski definition) is 3. The number of ether oxygens (including phenoxy) is 1. The molecule has 7 nitrogen and oxygen atoms in total. The lowest BCUT2D eigenvalue weighted by Gasteiger charge is -2.19. The number of benzene rings is 1. The van der Waals surface area contributed by atoms with Gasteiger partial charge in [-0.3, -0.25) is 0 Å². The highest BCUT2D eigenvalue weighted by Gasteiger charge is 2.34. The summed E-state index contributed by atoms with van der Waals surface area (Å²) in [5.41, 5.74) is 1.18. The number of aryl methyl sites for hydroxylation is 2. The van der Waals surface area contributed by atoms with E-state index in [1.807, 2.05) is 18.3 Å². The van der Waals surface area contributed by atoms with Crippen LogP contribution < -0.4 is 5.32 Å². The lowest BCUT2D eigenvalue weighted by atomic mass is 9.97. The van der Waals surface area contributed by atoms with Crippen LogP contribution in [0, 0.1) is 0 Å². The topological polar surface area (TPSA) is 113 Å². The Labute approximate surface area is 197 Å². The number of carboxylic acid groups (broad SMARTS) is 2. The van der Waals surface area contributed by atoms with E-state index in [1.54, 1.807) is 0 Å². The monoisotopic (exact) mass is 471 g/mol. The molecule has 33 heavy (non-hydrogen) atoms. The Morgan fingerprint density at radius 3 is 2.39 bits per heavy atom. The summed E-state index contributed by atoms with van der Waals surface area (Å²) < 4.78 is 5.01. The standard InChI is InChI=1S/C21H25NO2S.C4H4O4/c1-21(16-24-20(23)22-21)15-14-19-13-12-18(25-19)11-7-3-6-10-17-8-4-2-5-9-17;5-3(6)1-2-4(7)8/h2,4-5,7-9,11-13H,3,6,10,14-16H2,1H3,(H,22,23);1-2H,(H,5,6)(H,7,8). The van der Waals surface area contributed by atoms with Crippen LogP contribution in [0.1, 0.15) is 41.5 Å². The zero-order valence-electron chi connectivity index (χ0n) is 18.5. The zero-order chi connectivity index (χ0) is 24.1. The summed E-state index contributed by atoms with van der Waals surface area (Å²) in [6, 6.07) is 15.0. The van der Waals surface area contributed by atoms with E-state index >= 15 is 0 Å². The van der Waals surface area contributed by atoms with E-state index in [4.69, 9.17) is 14.9 Å². The van der Waals surface area contributed by atoms with Crippen LogP contribution in [0.4, 0.5) is 4.79 Å². The molecule has 1 fully saturated rings. The third-order valence-electron chi connectivity index (χ3n) is 4.86. The molecular weight excluding hydrogens is 442 g/mol. The largest absolute Gasteiger partial charge is 0.478 e. The number of carbonyl (C=O) groups excluding carboxylic acids is 1. The third-order valence-corrected chi connectivity index (χ3v) is 5.97. The maximum atomic E-state index is 11.2. The second-order valence-corrected chi connectivity index (χ2v) is 9.06. The average Bonchev–Trinajstić information content (AvgIpc) is 3.38. The van der Waals surface area contributed by atoms with Crippen molar-refractivity contribution < 1.29 is 29.3 Å². The first-order valence-corrected chi connectivity index (χ1v) is 11.5. The van der Waals surface area contributed by atoms with Crippen LogP contribution in [0.25, 0.3) is 6.08 Å². The number of amides is 1. The molecule has 2 heterocycles. The third kappa shape index (κ3) is 10.7. The fourth-order valence-corrected chi connectivity index (χ4v) is 4.05. The summed E-state index contributed by atoms with van der Waals surface area (Å²) in [6.07, 6.45) is 10.6. The summed E-state index contributed by atoms with van der Waals surface area (Å²) in [6.45, 7) is 2.50. The van der Waals surface area contributed by atoms with E-state index in [1.165, 1.54) is 21.7 Å². The highest BCUT2D eigenvalue weighted by molar-refractivity contribution is 7.12. The molecule has 1 aliphatic heterocycles. The summed E-state index contributed by atoms with van der Waals surface area (Å²) in [5.74, 6) is -2.51. The number of nitrogens with one attached hydrogen (secondary N) is 1. The Balaban J connectivity index is 0.000000414. The van der Waals surface area contributed by atoms with Crippen molar-refractivity contribution in [1.82, 2.24) is 5.32 Å². The van der Waals surface area contributed by atoms with Gasteiger partial charge in [-0.2, -0.15) is 0 Å². The first-order valence-electron chi connectivity index (χ1n) is 10.6. The number of allylic oxidation sites excluding steroid dienone is 1. The fourth-order valence-electron chi connectivity index (χ4n) is 3.11. The van der Waals surface area contributed by atoms with Gasteiger partial charge in [-0.15, -0.1) is 11.3 Å². The van der Waals surface area contributed by atoms with Gasteiger partial charge in [0.2, 0.25) is 0 Å². The average molecular weight is 472 g/mol. The SMILES string of the molecule is CC1(CCc2ccc(C=CCCCc3ccccc3)s2)COC(=O)N1.O=C(O)C=CC(=O)O. The Bertz CT molecular complexity index is 966. The number of thiophene rings is 1. The van der Waals surface area contributed by atoms with Crippen molar-refractivity contribution in [1.29, 1.82) is 0 Å².